The van der Waals surface area contributed by atoms with Crippen LogP contribution in [0.1, 0.15) is 13.8 Å². The van der Waals surface area contributed by atoms with Gasteiger partial charge in [-0.25, -0.2) is 0 Å². The second-order valence-electron chi connectivity index (χ2n) is 1.58. The summed E-state index contributed by atoms with van der Waals surface area (Å²) in [6.45, 7) is -4.97. The lowest BCUT2D eigenvalue weighted by Crippen LogP contribution is -2.03. The average Bonchev–Trinajstić information content (AvgIpc) is 1.78. The summed E-state index contributed by atoms with van der Waals surface area (Å²) in [6, 6.07) is 0. The Morgan fingerprint density at radius 2 is 0.933 bits per heavy atom. The van der Waals surface area contributed by atoms with Crippen molar-refractivity contribution in [3.8, 4) is 0 Å². The fourth-order valence-electron chi connectivity index (χ4n) is 0.202. The van der Waals surface area contributed by atoms with E-state index >= 15 is 0 Å². The van der Waals surface area contributed by atoms with Crippen molar-refractivity contribution in [3.05, 3.63) is 0 Å². The van der Waals surface area contributed by atoms with Crippen LogP contribution in [0.3, 0.4) is 0 Å². The van der Waals surface area contributed by atoms with Gasteiger partial charge in [-0.3, -0.25) is 9.59 Å². The summed E-state index contributed by atoms with van der Waals surface area (Å²) in [7, 11) is 0. The Balaban J connectivity index is -0.000000155. The number of rotatable bonds is 0. The van der Waals surface area contributed by atoms with Gasteiger partial charge in [0.15, 0.2) is 0 Å². The normalized spacial score (nSPS) is 8.40. The summed E-state index contributed by atoms with van der Waals surface area (Å²) in [5, 5.41) is 0. The van der Waals surface area contributed by atoms with Gasteiger partial charge in [0, 0.05) is 13.8 Å². The average molecular weight is 242 g/mol. The van der Waals surface area contributed by atoms with E-state index in [-0.39, 0.29) is 0 Å². The number of alkyl halides is 6. The third kappa shape index (κ3) is 198. The maximum Gasteiger partial charge on any atom is 0.379 e. The van der Waals surface area contributed by atoms with Crippen LogP contribution in [-0.2, 0) is 14.3 Å². The van der Waals surface area contributed by atoms with Gasteiger partial charge in [0.1, 0.15) is 0 Å². The van der Waals surface area contributed by atoms with E-state index in [4.69, 9.17) is 0 Å². The van der Waals surface area contributed by atoms with Crippen molar-refractivity contribution in [3.63, 3.8) is 0 Å². The number of carbonyl (C=O) groups excluding carboxylic acids is 2. The molecule has 92 valence electrons. The van der Waals surface area contributed by atoms with Gasteiger partial charge >= 0.3 is 25.3 Å². The minimum Gasteiger partial charge on any atom is -0.394 e. The van der Waals surface area contributed by atoms with Gasteiger partial charge in [0.2, 0.25) is 0 Å². The smallest absolute Gasteiger partial charge is 0.379 e. The first-order valence-electron chi connectivity index (χ1n) is 3.13. The van der Waals surface area contributed by atoms with Gasteiger partial charge in [0.25, 0.3) is 0 Å². The molecule has 0 aliphatic rings. The van der Waals surface area contributed by atoms with Crippen molar-refractivity contribution in [2.75, 3.05) is 0 Å². The van der Waals surface area contributed by atoms with E-state index in [1.54, 1.807) is 0 Å². The number of hydrogen-bond acceptors (Lipinski definition) is 3. The molecular formula is C6H8F6O3. The maximum atomic E-state index is 9.81. The summed E-state index contributed by atoms with van der Waals surface area (Å²) in [5.41, 5.74) is 0. The lowest BCUT2D eigenvalue weighted by atomic mass is 10.7. The molecule has 0 aromatic carbocycles. The first kappa shape index (κ1) is 19.3. The van der Waals surface area contributed by atoms with Crippen LogP contribution in [0.15, 0.2) is 0 Å². The third-order valence-corrected chi connectivity index (χ3v) is 0.287. The quantitative estimate of drug-likeness (QED) is 0.372. The minimum absolute atomic E-state index is 0.562. The van der Waals surface area contributed by atoms with Crippen molar-refractivity contribution >= 4 is 11.9 Å². The molecule has 9 heteroatoms. The van der Waals surface area contributed by atoms with E-state index < -0.39 is 25.3 Å². The largest absolute Gasteiger partial charge is 0.394 e. The van der Waals surface area contributed by atoms with E-state index in [1.807, 2.05) is 0 Å². The number of ether oxygens (including phenoxy) is 1. The second-order valence-corrected chi connectivity index (χ2v) is 1.58. The molecule has 0 unspecified atom stereocenters. The highest BCUT2D eigenvalue weighted by Gasteiger charge is 1.93. The van der Waals surface area contributed by atoms with Crippen molar-refractivity contribution in [2.24, 2.45) is 0 Å². The molecule has 0 aromatic rings. The number of halogens is 6. The third-order valence-electron chi connectivity index (χ3n) is 0.287. The van der Waals surface area contributed by atoms with E-state index in [0.29, 0.717) is 0 Å². The Morgan fingerprint density at radius 1 is 0.800 bits per heavy atom. The van der Waals surface area contributed by atoms with E-state index in [1.165, 1.54) is 13.8 Å². The van der Waals surface area contributed by atoms with Crippen LogP contribution >= 0.6 is 0 Å². The highest BCUT2D eigenvalue weighted by Crippen LogP contribution is 1.87. The molecule has 0 bridgehead atoms. The van der Waals surface area contributed by atoms with Crippen LogP contribution in [0.25, 0.3) is 0 Å². The molecule has 0 saturated heterocycles. The highest BCUT2D eigenvalue weighted by molar-refractivity contribution is 5.82. The molecule has 15 heavy (non-hydrogen) atoms. The zero-order valence-corrected chi connectivity index (χ0v) is 7.65. The molecule has 0 fully saturated rings. The van der Waals surface area contributed by atoms with Gasteiger partial charge in [-0.05, 0) is 0 Å². The fourth-order valence-corrected chi connectivity index (χ4v) is 0.202. The lowest BCUT2D eigenvalue weighted by Gasteiger charge is -1.87. The van der Waals surface area contributed by atoms with Crippen molar-refractivity contribution in [2.45, 2.75) is 27.2 Å². The van der Waals surface area contributed by atoms with Crippen LogP contribution in [0, 0.1) is 0 Å². The summed E-state index contributed by atoms with van der Waals surface area (Å²) in [4.78, 5) is 19.6. The Bertz CT molecular complexity index is 149. The molecule has 0 atom stereocenters. The maximum absolute atomic E-state index is 9.81. The molecule has 0 N–H and O–H groups in total. The van der Waals surface area contributed by atoms with E-state index in [0.717, 1.165) is 0 Å². The zero-order chi connectivity index (χ0) is 13.0. The summed E-state index contributed by atoms with van der Waals surface area (Å²) in [6.07, 6.45) is 0. The molecule has 0 aliphatic carbocycles. The molecular weight excluding hydrogens is 234 g/mol. The number of hydrogen-bond donors (Lipinski definition) is 0. The summed E-state index contributed by atoms with van der Waals surface area (Å²) < 4.78 is 62.0. The molecule has 0 radical (unpaired) electrons. The molecule has 0 spiro atoms. The topological polar surface area (TPSA) is 43.4 Å². The standard InChI is InChI=1S/C4H6O3.2CHF3/c1-3(5)7-4(2)6;2*2-1(3)4/h1-2H3;2*1H. The van der Waals surface area contributed by atoms with Crippen molar-refractivity contribution in [1.29, 1.82) is 0 Å². The van der Waals surface area contributed by atoms with Crippen molar-refractivity contribution < 1.29 is 40.7 Å². The Labute approximate surface area is 81.0 Å². The minimum atomic E-state index is -3.67. The molecule has 0 saturated carbocycles. The van der Waals surface area contributed by atoms with E-state index in [9.17, 15) is 35.9 Å². The first-order valence-corrected chi connectivity index (χ1v) is 3.13. The van der Waals surface area contributed by atoms with Crippen LogP contribution < -0.4 is 0 Å². The monoisotopic (exact) mass is 242 g/mol. The molecule has 0 aliphatic heterocycles. The Kier molecular flexibility index (Phi) is 16.4. The fraction of sp³-hybridized carbons (Fsp3) is 0.667. The van der Waals surface area contributed by atoms with Gasteiger partial charge < -0.3 is 4.74 Å². The Hall–Kier alpha value is -1.28. The number of carbonyl (C=O) groups is 2. The predicted molar refractivity (Wildman–Crippen MR) is 36.7 cm³/mol. The summed E-state index contributed by atoms with van der Waals surface area (Å²) >= 11 is 0. The SMILES string of the molecule is CC(=O)OC(C)=O.FC(F)F.FC(F)F. The zero-order valence-electron chi connectivity index (χ0n) is 7.65. The van der Waals surface area contributed by atoms with Crippen LogP contribution in [-0.4, -0.2) is 25.3 Å². The van der Waals surface area contributed by atoms with Gasteiger partial charge in [-0.1, -0.05) is 0 Å². The van der Waals surface area contributed by atoms with Gasteiger partial charge in [0.05, 0.1) is 0 Å². The molecule has 0 amide bonds. The van der Waals surface area contributed by atoms with Gasteiger partial charge in [-0.2, -0.15) is 26.3 Å². The molecule has 3 nitrogen and oxygen atoms in total. The van der Waals surface area contributed by atoms with Crippen LogP contribution in [0.2, 0.25) is 0 Å². The van der Waals surface area contributed by atoms with Gasteiger partial charge in [-0.15, -0.1) is 0 Å². The van der Waals surface area contributed by atoms with E-state index in [2.05, 4.69) is 4.74 Å². The second kappa shape index (κ2) is 12.7. The molecule has 0 aromatic heterocycles. The van der Waals surface area contributed by atoms with Crippen LogP contribution in [0.4, 0.5) is 26.3 Å². The van der Waals surface area contributed by atoms with Crippen molar-refractivity contribution in [1.82, 2.24) is 0 Å². The predicted octanol–water partition coefficient (Wildman–Crippen LogP) is 2.45. The molecule has 0 rings (SSSR count). The van der Waals surface area contributed by atoms with Crippen LogP contribution in [0.5, 0.6) is 0 Å². The summed E-state index contributed by atoms with van der Waals surface area (Å²) in [5.74, 6) is -1.12. The molecule has 0 heterocycles. The Morgan fingerprint density at radius 3 is 0.933 bits per heavy atom. The first-order chi connectivity index (χ1) is 6.59. The lowest BCUT2D eigenvalue weighted by molar-refractivity contribution is -0.156. The highest BCUT2D eigenvalue weighted by atomic mass is 19.4. The number of esters is 2.